The van der Waals surface area contributed by atoms with Crippen LogP contribution < -0.4 is 5.19 Å². The van der Waals surface area contributed by atoms with Gasteiger partial charge in [-0.15, -0.1) is 54.1 Å². The van der Waals surface area contributed by atoms with Crippen LogP contribution in [-0.4, -0.2) is 22.6 Å². The Hall–Kier alpha value is -5.90. The fourth-order valence-electron chi connectivity index (χ4n) is 7.62. The van der Waals surface area contributed by atoms with Gasteiger partial charge in [0.05, 0.1) is 42.1 Å². The van der Waals surface area contributed by atoms with Crippen molar-refractivity contribution in [1.82, 2.24) is 14.5 Å². The van der Waals surface area contributed by atoms with E-state index in [2.05, 4.69) is 130 Å². The third-order valence-corrected chi connectivity index (χ3v) is 12.8. The zero-order chi connectivity index (χ0) is 40.6. The van der Waals surface area contributed by atoms with Crippen LogP contribution in [0.5, 0.6) is 0 Å². The number of imidazole rings is 1. The van der Waals surface area contributed by atoms with E-state index < -0.39 is 8.07 Å². The average molecular weight is 963 g/mol. The molecule has 3 heterocycles. The molecule has 59 heavy (non-hydrogen) atoms. The van der Waals surface area contributed by atoms with Gasteiger partial charge in [-0.2, -0.15) is 5.26 Å². The van der Waals surface area contributed by atoms with Crippen LogP contribution in [0.4, 0.5) is 0 Å². The average Bonchev–Trinajstić information content (AvgIpc) is 3.82. The first-order valence-electron chi connectivity index (χ1n) is 19.9. The van der Waals surface area contributed by atoms with Crippen molar-refractivity contribution in [2.24, 2.45) is 0 Å². The molecule has 0 spiro atoms. The number of fused-ring (bicyclic) bond motifs is 4. The van der Waals surface area contributed by atoms with E-state index in [9.17, 15) is 5.26 Å². The van der Waals surface area contributed by atoms with Gasteiger partial charge in [-0.25, -0.2) is 0 Å². The maximum absolute atomic E-state index is 9.52. The summed E-state index contributed by atoms with van der Waals surface area (Å²) in [6, 6.07) is 54.5. The quantitative estimate of drug-likeness (QED) is 0.118. The van der Waals surface area contributed by atoms with E-state index in [0.717, 1.165) is 50.0 Å². The van der Waals surface area contributed by atoms with Crippen molar-refractivity contribution in [3.63, 3.8) is 0 Å². The van der Waals surface area contributed by atoms with Crippen LogP contribution in [-0.2, 0) is 20.1 Å². The Morgan fingerprint density at radius 3 is 2.07 bits per heavy atom. The van der Waals surface area contributed by atoms with Crippen molar-refractivity contribution in [3.8, 4) is 45.5 Å². The Kier molecular flexibility index (Phi) is 12.0. The molecule has 3 aromatic heterocycles. The molecule has 9 aromatic rings. The molecule has 0 atom stereocenters. The van der Waals surface area contributed by atoms with Crippen molar-refractivity contribution in [2.75, 3.05) is 0 Å². The number of rotatable bonds is 7. The number of para-hydroxylation sites is 2. The Labute approximate surface area is 361 Å². The van der Waals surface area contributed by atoms with E-state index in [4.69, 9.17) is 9.40 Å². The molecule has 0 saturated heterocycles. The molecular formula is C52H46IrN4OSi-2. The van der Waals surface area contributed by atoms with Crippen LogP contribution in [0.3, 0.4) is 0 Å². The van der Waals surface area contributed by atoms with Crippen LogP contribution in [0, 0.1) is 23.5 Å². The monoisotopic (exact) mass is 963 g/mol. The summed E-state index contributed by atoms with van der Waals surface area (Å²) in [5, 5.41) is 12.9. The minimum absolute atomic E-state index is 0. The fourth-order valence-corrected chi connectivity index (χ4v) is 8.79. The summed E-state index contributed by atoms with van der Waals surface area (Å²) >= 11 is 0. The van der Waals surface area contributed by atoms with Crippen molar-refractivity contribution >= 4 is 46.2 Å². The van der Waals surface area contributed by atoms with Gasteiger partial charge in [0.1, 0.15) is 5.58 Å². The van der Waals surface area contributed by atoms with Gasteiger partial charge in [0, 0.05) is 37.4 Å². The second kappa shape index (κ2) is 17.1. The van der Waals surface area contributed by atoms with Crippen molar-refractivity contribution in [3.05, 3.63) is 168 Å². The van der Waals surface area contributed by atoms with Crippen LogP contribution in [0.1, 0.15) is 56.2 Å². The smallest absolute Gasteiger partial charge is 0.122 e. The molecule has 0 aliphatic heterocycles. The van der Waals surface area contributed by atoms with E-state index in [1.165, 1.54) is 33.1 Å². The SMILES string of the molecule is CC(C)c1cc(-c2ccc([Si](C)(C)C)cc2)cc(C(C)C)c1-n1c(-c2[c-]ccc3c2oc2cc(C#N)ccc23)nc2ccccc21.[Ir].[c-]1ccccc1-c1ccccn1. The number of hydrogen-bond acceptors (Lipinski definition) is 4. The summed E-state index contributed by atoms with van der Waals surface area (Å²) in [6.45, 7) is 16.3. The summed E-state index contributed by atoms with van der Waals surface area (Å²) in [6.07, 6.45) is 1.79. The Morgan fingerprint density at radius 1 is 0.712 bits per heavy atom. The van der Waals surface area contributed by atoms with Crippen molar-refractivity contribution < 1.29 is 24.5 Å². The molecule has 7 heteroatoms. The van der Waals surface area contributed by atoms with Gasteiger partial charge >= 0.3 is 0 Å². The van der Waals surface area contributed by atoms with Gasteiger partial charge in [-0.1, -0.05) is 118 Å². The molecule has 0 aliphatic carbocycles. The third-order valence-electron chi connectivity index (χ3n) is 10.7. The van der Waals surface area contributed by atoms with Gasteiger partial charge < -0.3 is 14.0 Å². The summed E-state index contributed by atoms with van der Waals surface area (Å²) < 4.78 is 8.83. The molecule has 9 rings (SSSR count). The first-order chi connectivity index (χ1) is 28.0. The van der Waals surface area contributed by atoms with Gasteiger partial charge in [0.25, 0.3) is 0 Å². The summed E-state index contributed by atoms with van der Waals surface area (Å²) in [7, 11) is -1.40. The van der Waals surface area contributed by atoms with Crippen LogP contribution in [0.25, 0.3) is 72.4 Å². The van der Waals surface area contributed by atoms with Crippen LogP contribution in [0.15, 0.2) is 144 Å². The molecule has 6 aromatic carbocycles. The number of nitriles is 1. The van der Waals surface area contributed by atoms with E-state index >= 15 is 0 Å². The molecule has 5 nitrogen and oxygen atoms in total. The number of pyridine rings is 1. The standard InChI is InChI=1S/C41H38N3OSi.C11H8N.Ir/c1-25(2)34-22-29(28-16-18-30(19-17-28)46(5,6)7)23-35(26(3)4)39(34)44-37-14-9-8-13-36(37)43-41(44)33-12-10-11-32-31-20-15-27(24-42)21-38(31)45-40(32)33;1-2-6-10(7-3-1)11-8-4-5-9-12-11;/h8-11,13-23,25-26H,1-7H3;1-6,8-9H;/q2*-1;. The van der Waals surface area contributed by atoms with Crippen LogP contribution >= 0.6 is 0 Å². The van der Waals surface area contributed by atoms with Gasteiger partial charge in [-0.3, -0.25) is 4.98 Å². The Balaban J connectivity index is 0.000000347. The second-order valence-corrected chi connectivity index (χ2v) is 21.5. The normalized spacial score (nSPS) is 11.5. The molecule has 0 amide bonds. The maximum atomic E-state index is 9.52. The van der Waals surface area contributed by atoms with Gasteiger partial charge in [0.15, 0.2) is 0 Å². The number of hydrogen-bond donors (Lipinski definition) is 0. The van der Waals surface area contributed by atoms with Crippen LogP contribution in [0.2, 0.25) is 19.6 Å². The van der Waals surface area contributed by atoms with Gasteiger partial charge in [-0.05, 0) is 82.2 Å². The van der Waals surface area contributed by atoms with E-state index in [1.54, 1.807) is 6.20 Å². The number of furan rings is 1. The first kappa shape index (κ1) is 41.3. The molecule has 0 saturated carbocycles. The molecule has 0 N–H and O–H groups in total. The van der Waals surface area contributed by atoms with E-state index in [0.29, 0.717) is 11.1 Å². The maximum Gasteiger partial charge on any atom is 0.122 e. The van der Waals surface area contributed by atoms with E-state index in [-0.39, 0.29) is 31.9 Å². The molecular weight excluding hydrogens is 917 g/mol. The van der Waals surface area contributed by atoms with Crippen molar-refractivity contribution in [1.29, 1.82) is 5.26 Å². The zero-order valence-electron chi connectivity index (χ0n) is 34.5. The first-order valence-corrected chi connectivity index (χ1v) is 23.4. The van der Waals surface area contributed by atoms with E-state index in [1.807, 2.05) is 78.9 Å². The molecule has 0 bridgehead atoms. The van der Waals surface area contributed by atoms with Crippen molar-refractivity contribution in [2.45, 2.75) is 59.2 Å². The number of benzene rings is 6. The minimum atomic E-state index is -1.40. The number of nitrogens with zero attached hydrogens (tertiary/aromatic N) is 4. The summed E-state index contributed by atoms with van der Waals surface area (Å²) in [4.78, 5) is 9.47. The molecule has 0 fully saturated rings. The Morgan fingerprint density at radius 2 is 1.42 bits per heavy atom. The zero-order valence-corrected chi connectivity index (χ0v) is 37.9. The molecule has 0 unspecified atom stereocenters. The Bertz CT molecular complexity index is 2870. The minimum Gasteiger partial charge on any atom is -0.500 e. The number of aromatic nitrogens is 3. The van der Waals surface area contributed by atoms with Gasteiger partial charge in [0.2, 0.25) is 0 Å². The largest absolute Gasteiger partial charge is 0.500 e. The predicted octanol–water partition coefficient (Wildman–Crippen LogP) is 13.3. The summed E-state index contributed by atoms with van der Waals surface area (Å²) in [5.41, 5.74) is 13.0. The topological polar surface area (TPSA) is 67.6 Å². The second-order valence-electron chi connectivity index (χ2n) is 16.4. The molecule has 1 radical (unpaired) electrons. The molecule has 295 valence electrons. The predicted molar refractivity (Wildman–Crippen MR) is 242 cm³/mol. The summed E-state index contributed by atoms with van der Waals surface area (Å²) in [5.74, 6) is 1.32. The fraction of sp³-hybridized carbons (Fsp3) is 0.173. The third kappa shape index (κ3) is 8.22. The molecule has 0 aliphatic rings.